The zero-order valence-electron chi connectivity index (χ0n) is 30.2. The molecule has 2 heterocycles. The fourth-order valence-electron chi connectivity index (χ4n) is 5.29. The Bertz CT molecular complexity index is 1720. The monoisotopic (exact) mass is 744 g/mol. The molecular formula is C35H45ClN6O10. The zero-order chi connectivity index (χ0) is 39.1. The van der Waals surface area contributed by atoms with Crippen LogP contribution in [0.3, 0.4) is 0 Å². The number of amides is 5. The van der Waals surface area contributed by atoms with Gasteiger partial charge in [0, 0.05) is 14.1 Å². The molecule has 5 amide bonds. The van der Waals surface area contributed by atoms with Gasteiger partial charge < -0.3 is 45.7 Å². The number of likely N-dealkylation sites (N-methyl/N-ethyl adjacent to an activating group) is 2. The van der Waals surface area contributed by atoms with Crippen molar-refractivity contribution in [1.82, 2.24) is 26.2 Å². The van der Waals surface area contributed by atoms with Crippen LogP contribution in [0.1, 0.15) is 70.7 Å². The number of fused-ring (bicyclic) bond motifs is 9. The third-order valence-electron chi connectivity index (χ3n) is 7.88. The van der Waals surface area contributed by atoms with Gasteiger partial charge in [-0.05, 0) is 68.5 Å². The molecule has 16 nitrogen and oxygen atoms in total. The predicted molar refractivity (Wildman–Crippen MR) is 187 cm³/mol. The number of ether oxygens (including phenoxy) is 3. The number of methoxy groups -OCH3 is 1. The molecule has 17 heteroatoms. The second-order valence-corrected chi connectivity index (χ2v) is 13.9. The third kappa shape index (κ3) is 10.2. The second-order valence-electron chi connectivity index (χ2n) is 13.5. The number of nitrogens with one attached hydrogen (secondary N) is 4. The van der Waals surface area contributed by atoms with Gasteiger partial charge in [-0.15, -0.1) is 0 Å². The lowest BCUT2D eigenvalue weighted by Crippen LogP contribution is -2.59. The molecule has 2 aliphatic heterocycles. The van der Waals surface area contributed by atoms with Crippen LogP contribution in [0, 0.1) is 17.2 Å². The molecule has 0 unspecified atom stereocenters. The molecule has 5 atom stereocenters. The van der Waals surface area contributed by atoms with Crippen LogP contribution in [0.15, 0.2) is 30.3 Å². The highest BCUT2D eigenvalue weighted by Crippen LogP contribution is 2.43. The van der Waals surface area contributed by atoms with E-state index < -0.39 is 77.8 Å². The number of phenols is 1. The SMILES string of the molecule is CNC(=O)[C@@H]1NC(=O)[C@H](CC#N)NC(=O)[C@H](NC(=O)[C@@H](CC(C)C)N(C)C(=O)OC(C)(C)C)[C@H](O)c2ccc(c(Cl)c2)Oc2cc1cc(O)c2OC. The van der Waals surface area contributed by atoms with E-state index in [1.165, 1.54) is 51.5 Å². The number of nitriles is 1. The number of aromatic hydroxyl groups is 1. The fourth-order valence-corrected chi connectivity index (χ4v) is 5.51. The van der Waals surface area contributed by atoms with E-state index in [4.69, 9.17) is 25.8 Å². The minimum absolute atomic E-state index is 0.00944. The Morgan fingerprint density at radius 1 is 1.10 bits per heavy atom. The van der Waals surface area contributed by atoms with Crippen molar-refractivity contribution in [2.24, 2.45) is 5.92 Å². The number of carbonyl (C=O) groups is 5. The molecule has 0 saturated heterocycles. The van der Waals surface area contributed by atoms with Crippen LogP contribution in [0.2, 0.25) is 5.02 Å². The molecule has 0 spiro atoms. The Labute approximate surface area is 306 Å². The molecule has 0 aliphatic carbocycles. The summed E-state index contributed by atoms with van der Waals surface area (Å²) < 4.78 is 16.7. The molecular weight excluding hydrogens is 700 g/mol. The van der Waals surface area contributed by atoms with Gasteiger partial charge >= 0.3 is 6.09 Å². The summed E-state index contributed by atoms with van der Waals surface area (Å²) in [5.74, 6) is -4.40. The lowest BCUT2D eigenvalue weighted by atomic mass is 9.98. The minimum atomic E-state index is -1.81. The summed E-state index contributed by atoms with van der Waals surface area (Å²) >= 11 is 6.57. The van der Waals surface area contributed by atoms with Gasteiger partial charge in [0.2, 0.25) is 29.4 Å². The Morgan fingerprint density at radius 3 is 2.33 bits per heavy atom. The number of phenolic OH excluding ortho intramolecular Hbond substituents is 1. The third-order valence-corrected chi connectivity index (χ3v) is 8.17. The van der Waals surface area contributed by atoms with E-state index in [1.54, 1.807) is 20.8 Å². The standard InChI is InChI=1S/C35H45ClN6O10/c1-17(2)13-22(42(7)34(49)52-35(3,4)5)31(46)41-27-28(44)18-9-10-24(20(36)14-18)51-25-16-19(15-23(43)29(25)50-8)26(32(47)38-6)40-30(45)21(11-12-37)39-33(27)48/h9-10,14-17,21-22,26-28,43-44H,11,13H2,1-8H3,(H,38,47)(H,39,48)(H,40,45)(H,41,46)/t21-,22+,26+,27+,28+/m0/s1. The molecule has 0 radical (unpaired) electrons. The van der Waals surface area contributed by atoms with Crippen LogP contribution in [0.25, 0.3) is 0 Å². The number of benzene rings is 2. The molecule has 0 fully saturated rings. The molecule has 4 rings (SSSR count). The Kier molecular flexibility index (Phi) is 13.7. The van der Waals surface area contributed by atoms with Crippen molar-refractivity contribution in [3.63, 3.8) is 0 Å². The molecule has 52 heavy (non-hydrogen) atoms. The van der Waals surface area contributed by atoms with E-state index in [9.17, 15) is 39.4 Å². The summed E-state index contributed by atoms with van der Waals surface area (Å²) in [7, 11) is 3.95. The number of aliphatic hydroxyl groups excluding tert-OH is 1. The number of halogens is 1. The molecule has 4 bridgehead atoms. The van der Waals surface area contributed by atoms with Gasteiger partial charge in [-0.1, -0.05) is 31.5 Å². The first-order chi connectivity index (χ1) is 24.3. The maximum atomic E-state index is 14.0. The van der Waals surface area contributed by atoms with E-state index in [1.807, 2.05) is 19.9 Å². The summed E-state index contributed by atoms with van der Waals surface area (Å²) in [4.78, 5) is 68.7. The predicted octanol–water partition coefficient (Wildman–Crippen LogP) is 2.96. The molecule has 282 valence electrons. The summed E-state index contributed by atoms with van der Waals surface area (Å²) in [5.41, 5.74) is -0.803. The highest BCUT2D eigenvalue weighted by Gasteiger charge is 2.38. The van der Waals surface area contributed by atoms with E-state index >= 15 is 0 Å². The van der Waals surface area contributed by atoms with Gasteiger partial charge in [-0.25, -0.2) is 4.79 Å². The van der Waals surface area contributed by atoms with Crippen LogP contribution in [-0.4, -0.2) is 89.8 Å². The summed E-state index contributed by atoms with van der Waals surface area (Å²) in [6.07, 6.45) is -3.05. The topological polar surface area (TPSA) is 229 Å². The number of hydrogen-bond donors (Lipinski definition) is 6. The van der Waals surface area contributed by atoms with Crippen LogP contribution in [0.5, 0.6) is 23.0 Å². The Morgan fingerprint density at radius 2 is 1.77 bits per heavy atom. The van der Waals surface area contributed by atoms with Crippen molar-refractivity contribution in [2.75, 3.05) is 21.2 Å². The lowest BCUT2D eigenvalue weighted by molar-refractivity contribution is -0.137. The van der Waals surface area contributed by atoms with Gasteiger partial charge in [0.25, 0.3) is 0 Å². The van der Waals surface area contributed by atoms with Crippen LogP contribution in [0.4, 0.5) is 4.79 Å². The largest absolute Gasteiger partial charge is 0.504 e. The van der Waals surface area contributed by atoms with Gasteiger partial charge in [0.15, 0.2) is 11.5 Å². The van der Waals surface area contributed by atoms with Crippen LogP contribution >= 0.6 is 11.6 Å². The van der Waals surface area contributed by atoms with Crippen LogP contribution in [-0.2, 0) is 23.9 Å². The molecule has 0 aromatic heterocycles. The van der Waals surface area contributed by atoms with Crippen molar-refractivity contribution < 1.29 is 48.4 Å². The van der Waals surface area contributed by atoms with E-state index in [2.05, 4.69) is 21.3 Å². The van der Waals surface area contributed by atoms with Gasteiger partial charge in [-0.3, -0.25) is 24.1 Å². The summed E-state index contributed by atoms with van der Waals surface area (Å²) in [5, 5.41) is 41.8. The Balaban J connectivity index is 2.18. The van der Waals surface area contributed by atoms with E-state index in [-0.39, 0.29) is 45.7 Å². The quantitative estimate of drug-likeness (QED) is 0.230. The maximum absolute atomic E-state index is 14.0. The molecule has 2 aromatic carbocycles. The Hall–Kier alpha value is -5.27. The first-order valence-corrected chi connectivity index (χ1v) is 16.7. The highest BCUT2D eigenvalue weighted by molar-refractivity contribution is 6.32. The minimum Gasteiger partial charge on any atom is -0.504 e. The summed E-state index contributed by atoms with van der Waals surface area (Å²) in [6, 6.07) is 2.25. The van der Waals surface area contributed by atoms with Crippen molar-refractivity contribution in [3.05, 3.63) is 46.5 Å². The van der Waals surface area contributed by atoms with Crippen molar-refractivity contribution in [3.8, 4) is 29.1 Å². The number of aliphatic hydroxyl groups is 1. The maximum Gasteiger partial charge on any atom is 0.410 e. The number of rotatable bonds is 8. The fraction of sp³-hybridized carbons (Fsp3) is 0.486. The van der Waals surface area contributed by atoms with Crippen molar-refractivity contribution >= 4 is 41.3 Å². The normalized spacial score (nSPS) is 19.7. The number of nitrogens with zero attached hydrogens (tertiary/aromatic N) is 2. The van der Waals surface area contributed by atoms with E-state index in [0.717, 1.165) is 4.90 Å². The number of hydrogen-bond acceptors (Lipinski definition) is 11. The summed E-state index contributed by atoms with van der Waals surface area (Å²) in [6.45, 7) is 8.65. The molecule has 2 aromatic rings. The average Bonchev–Trinajstić information content (AvgIpc) is 3.06. The van der Waals surface area contributed by atoms with Gasteiger partial charge in [0.05, 0.1) is 24.6 Å². The van der Waals surface area contributed by atoms with Crippen LogP contribution < -0.4 is 30.7 Å². The highest BCUT2D eigenvalue weighted by atomic mass is 35.5. The zero-order valence-corrected chi connectivity index (χ0v) is 31.0. The first kappa shape index (κ1) is 41.2. The lowest BCUT2D eigenvalue weighted by Gasteiger charge is -2.33. The first-order valence-electron chi connectivity index (χ1n) is 16.3. The molecule has 2 aliphatic rings. The second kappa shape index (κ2) is 17.3. The van der Waals surface area contributed by atoms with Gasteiger partial charge in [-0.2, -0.15) is 5.26 Å². The molecule has 0 saturated carbocycles. The number of carbonyl (C=O) groups excluding carboxylic acids is 5. The smallest absolute Gasteiger partial charge is 0.410 e. The molecule has 6 N–H and O–H groups in total. The van der Waals surface area contributed by atoms with Gasteiger partial charge in [0.1, 0.15) is 41.6 Å². The average molecular weight is 745 g/mol. The van der Waals surface area contributed by atoms with E-state index in [0.29, 0.717) is 0 Å². The van der Waals surface area contributed by atoms with Crippen molar-refractivity contribution in [2.45, 2.75) is 83.3 Å². The van der Waals surface area contributed by atoms with Crippen molar-refractivity contribution in [1.29, 1.82) is 5.26 Å².